The van der Waals surface area contributed by atoms with Crippen LogP contribution in [0.1, 0.15) is 37.0 Å². The average molecular weight is 290 g/mol. The van der Waals surface area contributed by atoms with Crippen molar-refractivity contribution in [2.75, 3.05) is 25.0 Å². The van der Waals surface area contributed by atoms with Gasteiger partial charge < -0.3 is 14.9 Å². The summed E-state index contributed by atoms with van der Waals surface area (Å²) in [5.41, 5.74) is 0.461. The van der Waals surface area contributed by atoms with Crippen LogP contribution in [0.5, 0.6) is 0 Å². The summed E-state index contributed by atoms with van der Waals surface area (Å²) in [5.74, 6) is -0.00959. The summed E-state index contributed by atoms with van der Waals surface area (Å²) in [5, 5.41) is 9.76. The smallest absolute Gasteiger partial charge is 0.253 e. The number of carbonyl (C=O) groups is 2. The van der Waals surface area contributed by atoms with E-state index in [1.54, 1.807) is 50.1 Å². The summed E-state index contributed by atoms with van der Waals surface area (Å²) < 4.78 is 0. The fraction of sp³-hybridized carbons (Fsp3) is 0.500. The Hall–Kier alpha value is -1.88. The van der Waals surface area contributed by atoms with Crippen molar-refractivity contribution in [1.82, 2.24) is 4.90 Å². The lowest BCUT2D eigenvalue weighted by Crippen LogP contribution is -2.39. The van der Waals surface area contributed by atoms with Gasteiger partial charge in [-0.15, -0.1) is 0 Å². The number of carbonyl (C=O) groups excluding carboxylic acids is 2. The Balaban J connectivity index is 2.08. The van der Waals surface area contributed by atoms with E-state index in [1.165, 1.54) is 4.90 Å². The lowest BCUT2D eigenvalue weighted by atomic mass is 10.1. The molecule has 0 bridgehead atoms. The van der Waals surface area contributed by atoms with Gasteiger partial charge in [-0.25, -0.2) is 0 Å². The van der Waals surface area contributed by atoms with Gasteiger partial charge in [0.2, 0.25) is 5.91 Å². The molecular weight excluding hydrogens is 268 g/mol. The molecule has 0 unspecified atom stereocenters. The molecule has 2 rings (SSSR count). The lowest BCUT2D eigenvalue weighted by Gasteiger charge is -2.25. The summed E-state index contributed by atoms with van der Waals surface area (Å²) in [6.07, 6.45) is 1.48. The number of anilines is 1. The summed E-state index contributed by atoms with van der Waals surface area (Å²) in [6.45, 7) is 4.33. The maximum absolute atomic E-state index is 12.3. The number of benzene rings is 1. The van der Waals surface area contributed by atoms with Gasteiger partial charge in [0, 0.05) is 37.8 Å². The van der Waals surface area contributed by atoms with Gasteiger partial charge in [-0.3, -0.25) is 9.59 Å². The van der Waals surface area contributed by atoms with E-state index in [1.807, 2.05) is 0 Å². The Bertz CT molecular complexity index is 531. The van der Waals surface area contributed by atoms with Gasteiger partial charge in [-0.05, 0) is 44.5 Å². The summed E-state index contributed by atoms with van der Waals surface area (Å²) in [4.78, 5) is 27.2. The SMILES string of the molecule is CN(CC(C)(C)O)C(=O)c1ccc(N2CCCC2=O)cc1. The summed E-state index contributed by atoms with van der Waals surface area (Å²) >= 11 is 0. The first-order chi connectivity index (χ1) is 9.78. The van der Waals surface area contributed by atoms with E-state index in [-0.39, 0.29) is 18.4 Å². The molecule has 1 fully saturated rings. The predicted molar refractivity (Wildman–Crippen MR) is 81.3 cm³/mol. The first-order valence-electron chi connectivity index (χ1n) is 7.16. The van der Waals surface area contributed by atoms with E-state index in [0.717, 1.165) is 18.7 Å². The molecule has 2 amide bonds. The topological polar surface area (TPSA) is 60.9 Å². The molecule has 1 N–H and O–H groups in total. The van der Waals surface area contributed by atoms with Crippen molar-refractivity contribution < 1.29 is 14.7 Å². The van der Waals surface area contributed by atoms with Crippen molar-refractivity contribution in [3.8, 4) is 0 Å². The molecule has 21 heavy (non-hydrogen) atoms. The fourth-order valence-corrected chi connectivity index (χ4v) is 2.58. The van der Waals surface area contributed by atoms with Crippen LogP contribution in [-0.2, 0) is 4.79 Å². The Morgan fingerprint density at radius 1 is 1.33 bits per heavy atom. The number of likely N-dealkylation sites (N-methyl/N-ethyl adjacent to an activating group) is 1. The highest BCUT2D eigenvalue weighted by Gasteiger charge is 2.23. The first-order valence-corrected chi connectivity index (χ1v) is 7.16. The predicted octanol–water partition coefficient (Wildman–Crippen LogP) is 1.66. The standard InChI is InChI=1S/C16H22N2O3/c1-16(2,21)11-17(3)15(20)12-6-8-13(9-7-12)18-10-4-5-14(18)19/h6-9,21H,4-5,10-11H2,1-3H3. The van der Waals surface area contributed by atoms with Crippen LogP contribution in [0.25, 0.3) is 0 Å². The molecule has 1 saturated heterocycles. The van der Waals surface area contributed by atoms with Crippen molar-refractivity contribution in [2.45, 2.75) is 32.3 Å². The highest BCUT2D eigenvalue weighted by molar-refractivity contribution is 5.97. The van der Waals surface area contributed by atoms with Crippen LogP contribution in [0, 0.1) is 0 Å². The van der Waals surface area contributed by atoms with Gasteiger partial charge in [-0.1, -0.05) is 0 Å². The monoisotopic (exact) mass is 290 g/mol. The van der Waals surface area contributed by atoms with E-state index in [0.29, 0.717) is 12.0 Å². The number of aliphatic hydroxyl groups is 1. The molecule has 1 heterocycles. The maximum Gasteiger partial charge on any atom is 0.253 e. The quantitative estimate of drug-likeness (QED) is 0.917. The van der Waals surface area contributed by atoms with Gasteiger partial charge in [0.1, 0.15) is 0 Å². The van der Waals surface area contributed by atoms with E-state index < -0.39 is 5.60 Å². The first kappa shape index (κ1) is 15.5. The molecule has 1 aromatic rings. The highest BCUT2D eigenvalue weighted by Crippen LogP contribution is 2.22. The maximum atomic E-state index is 12.3. The molecule has 5 nitrogen and oxygen atoms in total. The summed E-state index contributed by atoms with van der Waals surface area (Å²) in [6, 6.07) is 7.05. The second kappa shape index (κ2) is 5.85. The number of rotatable bonds is 4. The van der Waals surface area contributed by atoms with E-state index in [2.05, 4.69) is 0 Å². The van der Waals surface area contributed by atoms with Crippen molar-refractivity contribution in [3.63, 3.8) is 0 Å². The molecule has 0 aromatic heterocycles. The third-order valence-electron chi connectivity index (χ3n) is 3.47. The van der Waals surface area contributed by atoms with E-state index >= 15 is 0 Å². The van der Waals surface area contributed by atoms with Crippen molar-refractivity contribution in [3.05, 3.63) is 29.8 Å². The van der Waals surface area contributed by atoms with Gasteiger partial charge >= 0.3 is 0 Å². The third kappa shape index (κ3) is 3.82. The molecule has 0 atom stereocenters. The molecular formula is C16H22N2O3. The van der Waals surface area contributed by atoms with Crippen molar-refractivity contribution in [1.29, 1.82) is 0 Å². The third-order valence-corrected chi connectivity index (χ3v) is 3.47. The minimum absolute atomic E-state index is 0.133. The van der Waals surface area contributed by atoms with Crippen molar-refractivity contribution in [2.24, 2.45) is 0 Å². The molecule has 0 saturated carbocycles. The molecule has 1 aliphatic rings. The Morgan fingerprint density at radius 2 is 1.95 bits per heavy atom. The number of hydrogen-bond donors (Lipinski definition) is 1. The number of amides is 2. The van der Waals surface area contributed by atoms with Crippen LogP contribution >= 0.6 is 0 Å². The van der Waals surface area contributed by atoms with Crippen molar-refractivity contribution >= 4 is 17.5 Å². The molecule has 1 aromatic carbocycles. The normalized spacial score (nSPS) is 15.4. The van der Waals surface area contributed by atoms with Crippen LogP contribution in [0.15, 0.2) is 24.3 Å². The molecule has 1 aliphatic heterocycles. The van der Waals surface area contributed by atoms with Crippen LogP contribution < -0.4 is 4.90 Å². The second-order valence-electron chi connectivity index (χ2n) is 6.17. The zero-order valence-corrected chi connectivity index (χ0v) is 12.8. The second-order valence-corrected chi connectivity index (χ2v) is 6.17. The van der Waals surface area contributed by atoms with Gasteiger partial charge in [0.15, 0.2) is 0 Å². The number of hydrogen-bond acceptors (Lipinski definition) is 3. The van der Waals surface area contributed by atoms with Crippen LogP contribution in [0.4, 0.5) is 5.69 Å². The minimum Gasteiger partial charge on any atom is -0.389 e. The molecule has 0 radical (unpaired) electrons. The molecule has 0 aliphatic carbocycles. The zero-order chi connectivity index (χ0) is 15.6. The largest absolute Gasteiger partial charge is 0.389 e. The highest BCUT2D eigenvalue weighted by atomic mass is 16.3. The fourth-order valence-electron chi connectivity index (χ4n) is 2.58. The Morgan fingerprint density at radius 3 is 2.43 bits per heavy atom. The Kier molecular flexibility index (Phi) is 4.32. The van der Waals surface area contributed by atoms with Crippen LogP contribution in [-0.4, -0.2) is 47.6 Å². The Labute approximate surface area is 125 Å². The average Bonchev–Trinajstić information content (AvgIpc) is 2.82. The minimum atomic E-state index is -0.924. The zero-order valence-electron chi connectivity index (χ0n) is 12.8. The number of nitrogens with zero attached hydrogens (tertiary/aromatic N) is 2. The van der Waals surface area contributed by atoms with Crippen LogP contribution in [0.3, 0.4) is 0 Å². The molecule has 114 valence electrons. The van der Waals surface area contributed by atoms with Gasteiger partial charge in [0.05, 0.1) is 5.60 Å². The van der Waals surface area contributed by atoms with Crippen LogP contribution in [0.2, 0.25) is 0 Å². The lowest BCUT2D eigenvalue weighted by molar-refractivity contribution is -0.117. The van der Waals surface area contributed by atoms with E-state index in [9.17, 15) is 14.7 Å². The van der Waals surface area contributed by atoms with Gasteiger partial charge in [0.25, 0.3) is 5.91 Å². The van der Waals surface area contributed by atoms with E-state index in [4.69, 9.17) is 0 Å². The van der Waals surface area contributed by atoms with Gasteiger partial charge in [-0.2, -0.15) is 0 Å². The summed E-state index contributed by atoms with van der Waals surface area (Å²) in [7, 11) is 1.66. The molecule has 0 spiro atoms. The molecule has 5 heteroatoms.